The van der Waals surface area contributed by atoms with Crippen molar-refractivity contribution in [3.05, 3.63) is 112 Å². The monoisotopic (exact) mass is 388 g/mol. The summed E-state index contributed by atoms with van der Waals surface area (Å²) in [5.74, 6) is 1.18. The van der Waals surface area contributed by atoms with E-state index in [1.165, 1.54) is 0 Å². The lowest BCUT2D eigenvalue weighted by molar-refractivity contribution is 0.255. The van der Waals surface area contributed by atoms with E-state index in [-0.39, 0.29) is 0 Å². The van der Waals surface area contributed by atoms with Crippen molar-refractivity contribution in [2.45, 2.75) is 19.6 Å². The lowest BCUT2D eigenvalue weighted by Gasteiger charge is -2.14. The Kier molecular flexibility index (Phi) is 5.71. The van der Waals surface area contributed by atoms with E-state index in [0.717, 1.165) is 16.7 Å². The van der Waals surface area contributed by atoms with Gasteiger partial charge in [0.25, 0.3) is 0 Å². The molecule has 146 valence electrons. The number of benzene rings is 3. The maximum Gasteiger partial charge on any atom is 0.438 e. The largest absolute Gasteiger partial charge is 0.485 e. The molecule has 1 N–H and O–H groups in total. The summed E-state index contributed by atoms with van der Waals surface area (Å²) in [5, 5.41) is 3.72. The minimum atomic E-state index is -0.566. The van der Waals surface area contributed by atoms with Crippen LogP contribution in [0, 0.1) is 0 Å². The summed E-state index contributed by atoms with van der Waals surface area (Å²) in [6.07, 6.45) is 0.423. The van der Waals surface area contributed by atoms with Crippen LogP contribution in [0.3, 0.4) is 0 Å². The van der Waals surface area contributed by atoms with Gasteiger partial charge in [-0.2, -0.15) is 0 Å². The molecule has 0 aliphatic rings. The van der Waals surface area contributed by atoms with E-state index < -0.39 is 5.76 Å². The zero-order valence-electron chi connectivity index (χ0n) is 15.7. The number of ether oxygens (including phenoxy) is 2. The quantitative estimate of drug-likeness (QED) is 0.491. The van der Waals surface area contributed by atoms with Gasteiger partial charge in [-0.15, -0.1) is 0 Å². The molecule has 1 aromatic heterocycles. The number of hydrogen-bond donors (Lipinski definition) is 1. The second kappa shape index (κ2) is 8.93. The number of aromatic amines is 1. The molecule has 4 rings (SSSR count). The highest BCUT2D eigenvalue weighted by atomic mass is 16.5. The van der Waals surface area contributed by atoms with Crippen LogP contribution in [0.15, 0.2) is 88.2 Å². The summed E-state index contributed by atoms with van der Waals surface area (Å²) in [6, 6.07) is 25.6. The summed E-state index contributed by atoms with van der Waals surface area (Å²) >= 11 is 0. The van der Waals surface area contributed by atoms with Gasteiger partial charge < -0.3 is 9.47 Å². The number of hydrogen-bond acceptors (Lipinski definition) is 5. The van der Waals surface area contributed by atoms with E-state index in [9.17, 15) is 4.79 Å². The van der Waals surface area contributed by atoms with Gasteiger partial charge in [-0.05, 0) is 28.8 Å². The molecule has 0 amide bonds. The van der Waals surface area contributed by atoms with Crippen LogP contribution in [0.2, 0.25) is 0 Å². The minimum Gasteiger partial charge on any atom is -0.485 e. The summed E-state index contributed by atoms with van der Waals surface area (Å²) in [5.41, 5.74) is 3.06. The highest BCUT2D eigenvalue weighted by Gasteiger charge is 2.10. The molecule has 0 fully saturated rings. The van der Waals surface area contributed by atoms with Gasteiger partial charge in [-0.25, -0.2) is 4.79 Å². The molecule has 29 heavy (non-hydrogen) atoms. The van der Waals surface area contributed by atoms with Gasteiger partial charge in [0.2, 0.25) is 0 Å². The van der Waals surface area contributed by atoms with Gasteiger partial charge in [0.05, 0.1) is 0 Å². The van der Waals surface area contributed by atoms with E-state index in [4.69, 9.17) is 9.47 Å². The van der Waals surface area contributed by atoms with E-state index in [0.29, 0.717) is 37.0 Å². The molecule has 0 saturated heterocycles. The number of nitrogens with one attached hydrogen (secondary N) is 1. The van der Waals surface area contributed by atoms with Gasteiger partial charge in [0.1, 0.15) is 13.2 Å². The molecule has 0 bridgehead atoms. The number of aromatic nitrogens is 2. The van der Waals surface area contributed by atoms with Crippen molar-refractivity contribution in [3.63, 3.8) is 0 Å². The Balaban J connectivity index is 1.53. The van der Waals surface area contributed by atoms with Crippen LogP contribution in [-0.2, 0) is 19.6 Å². The second-order valence-corrected chi connectivity index (χ2v) is 6.55. The van der Waals surface area contributed by atoms with Crippen LogP contribution >= 0.6 is 0 Å². The third kappa shape index (κ3) is 5.13. The van der Waals surface area contributed by atoms with Crippen molar-refractivity contribution >= 4 is 0 Å². The Labute approximate surface area is 167 Å². The molecule has 0 aliphatic carbocycles. The molecule has 0 atom stereocenters. The normalized spacial score (nSPS) is 10.6. The standard InChI is InChI=1S/C23H20N2O4/c26-23-24-22(25-29-23)14-19-11-12-20(27-15-17-7-3-1-4-8-17)21(13-19)28-16-18-9-5-2-6-10-18/h1-13H,14-16H2,(H,24,25,26). The molecular formula is C23H20N2O4. The molecule has 6 nitrogen and oxygen atoms in total. The lowest BCUT2D eigenvalue weighted by atomic mass is 10.1. The first-order valence-corrected chi connectivity index (χ1v) is 9.27. The van der Waals surface area contributed by atoms with Crippen molar-refractivity contribution in [3.8, 4) is 11.5 Å². The molecule has 6 heteroatoms. The molecule has 0 spiro atoms. The van der Waals surface area contributed by atoms with E-state index in [1.54, 1.807) is 0 Å². The Bertz CT molecular complexity index is 1100. The Hall–Kier alpha value is -3.80. The van der Waals surface area contributed by atoms with Gasteiger partial charge in [0, 0.05) is 6.42 Å². The molecule has 4 aromatic rings. The van der Waals surface area contributed by atoms with Crippen LogP contribution in [0.1, 0.15) is 22.5 Å². The zero-order chi connectivity index (χ0) is 19.9. The first-order chi connectivity index (χ1) is 14.3. The smallest absolute Gasteiger partial charge is 0.438 e. The van der Waals surface area contributed by atoms with Gasteiger partial charge >= 0.3 is 5.76 Å². The maximum atomic E-state index is 11.2. The Morgan fingerprint density at radius 2 is 1.38 bits per heavy atom. The van der Waals surface area contributed by atoms with Crippen molar-refractivity contribution in [1.29, 1.82) is 0 Å². The predicted molar refractivity (Wildman–Crippen MR) is 108 cm³/mol. The molecule has 0 aliphatic heterocycles. The first-order valence-electron chi connectivity index (χ1n) is 9.27. The predicted octanol–water partition coefficient (Wildman–Crippen LogP) is 4.11. The molecule has 0 unspecified atom stereocenters. The molecule has 0 radical (unpaired) electrons. The van der Waals surface area contributed by atoms with Crippen molar-refractivity contribution in [2.75, 3.05) is 0 Å². The first kappa shape index (κ1) is 18.6. The Morgan fingerprint density at radius 1 is 0.759 bits per heavy atom. The maximum absolute atomic E-state index is 11.2. The fraction of sp³-hybridized carbons (Fsp3) is 0.130. The van der Waals surface area contributed by atoms with Crippen LogP contribution in [0.5, 0.6) is 11.5 Å². The van der Waals surface area contributed by atoms with Crippen LogP contribution < -0.4 is 15.2 Å². The highest BCUT2D eigenvalue weighted by molar-refractivity contribution is 5.44. The average molecular weight is 388 g/mol. The SMILES string of the molecule is O=c1[nH]c(Cc2ccc(OCc3ccccc3)c(OCc3ccccc3)c2)no1. The summed E-state index contributed by atoms with van der Waals surface area (Å²) in [7, 11) is 0. The van der Waals surface area contributed by atoms with Crippen molar-refractivity contribution < 1.29 is 14.0 Å². The van der Waals surface area contributed by atoms with E-state index in [1.807, 2.05) is 78.9 Å². The van der Waals surface area contributed by atoms with Crippen LogP contribution in [-0.4, -0.2) is 10.1 Å². The summed E-state index contributed by atoms with van der Waals surface area (Å²) in [4.78, 5) is 13.7. The van der Waals surface area contributed by atoms with E-state index >= 15 is 0 Å². The number of rotatable bonds is 8. The fourth-order valence-electron chi connectivity index (χ4n) is 2.89. The summed E-state index contributed by atoms with van der Waals surface area (Å²) < 4.78 is 16.6. The molecule has 3 aromatic carbocycles. The molecule has 1 heterocycles. The lowest BCUT2D eigenvalue weighted by Crippen LogP contribution is -2.02. The van der Waals surface area contributed by atoms with Crippen molar-refractivity contribution in [1.82, 2.24) is 10.1 Å². The average Bonchev–Trinajstić information content (AvgIpc) is 3.17. The molecule has 0 saturated carbocycles. The van der Waals surface area contributed by atoms with Crippen LogP contribution in [0.25, 0.3) is 0 Å². The van der Waals surface area contributed by atoms with E-state index in [2.05, 4.69) is 14.7 Å². The highest BCUT2D eigenvalue weighted by Crippen LogP contribution is 2.30. The third-order valence-electron chi connectivity index (χ3n) is 4.34. The zero-order valence-corrected chi connectivity index (χ0v) is 15.7. The minimum absolute atomic E-state index is 0.423. The van der Waals surface area contributed by atoms with Crippen molar-refractivity contribution in [2.24, 2.45) is 0 Å². The van der Waals surface area contributed by atoms with Gasteiger partial charge in [-0.1, -0.05) is 71.9 Å². The van der Waals surface area contributed by atoms with Crippen LogP contribution in [0.4, 0.5) is 0 Å². The number of nitrogens with zero attached hydrogens (tertiary/aromatic N) is 1. The molecular weight excluding hydrogens is 368 g/mol. The third-order valence-corrected chi connectivity index (χ3v) is 4.34. The van der Waals surface area contributed by atoms with Gasteiger partial charge in [-0.3, -0.25) is 9.51 Å². The Morgan fingerprint density at radius 3 is 1.97 bits per heavy atom. The van der Waals surface area contributed by atoms with Gasteiger partial charge in [0.15, 0.2) is 17.3 Å². The number of H-pyrrole nitrogens is 1. The summed E-state index contributed by atoms with van der Waals surface area (Å²) in [6.45, 7) is 0.866. The topological polar surface area (TPSA) is 77.4 Å². The fourth-order valence-corrected chi connectivity index (χ4v) is 2.89. The second-order valence-electron chi connectivity index (χ2n) is 6.55.